The van der Waals surface area contributed by atoms with Crippen LogP contribution in [0.5, 0.6) is 0 Å². The number of amides is 1. The number of benzene rings is 1. The smallest absolute Gasteiger partial charge is 0.224 e. The highest BCUT2D eigenvalue weighted by Crippen LogP contribution is 2.30. The van der Waals surface area contributed by atoms with Crippen molar-refractivity contribution in [3.8, 4) is 0 Å². The highest BCUT2D eigenvalue weighted by atomic mass is 35.5. The third-order valence-corrected chi connectivity index (χ3v) is 4.70. The van der Waals surface area contributed by atoms with Crippen LogP contribution in [-0.4, -0.2) is 34.4 Å². The van der Waals surface area contributed by atoms with Crippen molar-refractivity contribution in [1.82, 2.24) is 4.90 Å². The number of carbonyl (C=O) groups excluding carboxylic acids is 1. The van der Waals surface area contributed by atoms with Crippen molar-refractivity contribution < 1.29 is 4.79 Å². The molecule has 1 aromatic rings. The van der Waals surface area contributed by atoms with E-state index in [-0.39, 0.29) is 29.1 Å². The second-order valence-electron chi connectivity index (χ2n) is 5.64. The van der Waals surface area contributed by atoms with Gasteiger partial charge in [-0.3, -0.25) is 4.79 Å². The lowest BCUT2D eigenvalue weighted by atomic mass is 10.0. The van der Waals surface area contributed by atoms with Gasteiger partial charge in [0.2, 0.25) is 5.91 Å². The van der Waals surface area contributed by atoms with Gasteiger partial charge in [-0.15, -0.1) is 12.4 Å². The molecule has 1 amide bonds. The van der Waals surface area contributed by atoms with Crippen LogP contribution in [0.25, 0.3) is 0 Å². The molecule has 2 rings (SSSR count). The number of hydrogen-bond acceptors (Lipinski definition) is 3. The molecule has 2 N–H and O–H groups in total. The Labute approximate surface area is 131 Å². The van der Waals surface area contributed by atoms with Crippen LogP contribution in [-0.2, 0) is 4.79 Å². The van der Waals surface area contributed by atoms with E-state index in [2.05, 4.69) is 13.8 Å². The molecule has 1 aromatic carbocycles. The summed E-state index contributed by atoms with van der Waals surface area (Å²) in [5, 5.41) is 0. The molecule has 1 unspecified atom stereocenters. The minimum Gasteiger partial charge on any atom is -0.340 e. The zero-order valence-corrected chi connectivity index (χ0v) is 13.7. The van der Waals surface area contributed by atoms with Gasteiger partial charge in [0.05, 0.1) is 0 Å². The standard InChI is InChI=1S/C15H22N2OS.ClH/c1-15(2)11-17(8-9-19-15)14(18)10-13(16)12-6-4-3-5-7-12;/h3-7,13H,8-11,16H2,1-2H3;1H. The van der Waals surface area contributed by atoms with E-state index in [9.17, 15) is 4.79 Å². The number of halogens is 1. The molecule has 0 aromatic heterocycles. The second kappa shape index (κ2) is 7.34. The summed E-state index contributed by atoms with van der Waals surface area (Å²) < 4.78 is 0.157. The van der Waals surface area contributed by atoms with Gasteiger partial charge in [-0.25, -0.2) is 0 Å². The van der Waals surface area contributed by atoms with E-state index in [1.165, 1.54) is 0 Å². The van der Waals surface area contributed by atoms with Gasteiger partial charge in [0, 0.05) is 36.1 Å². The minimum absolute atomic E-state index is 0. The number of nitrogens with zero attached hydrogens (tertiary/aromatic N) is 1. The van der Waals surface area contributed by atoms with Crippen LogP contribution < -0.4 is 5.73 Å². The summed E-state index contributed by atoms with van der Waals surface area (Å²) >= 11 is 1.93. The molecule has 1 aliphatic heterocycles. The summed E-state index contributed by atoms with van der Waals surface area (Å²) in [7, 11) is 0. The first-order valence-electron chi connectivity index (χ1n) is 6.70. The molecule has 5 heteroatoms. The van der Waals surface area contributed by atoms with Gasteiger partial charge in [-0.1, -0.05) is 30.3 Å². The van der Waals surface area contributed by atoms with E-state index in [0.717, 1.165) is 24.4 Å². The van der Waals surface area contributed by atoms with Crippen LogP contribution in [0.2, 0.25) is 0 Å². The molecule has 0 spiro atoms. The molecule has 0 bridgehead atoms. The third kappa shape index (κ3) is 4.69. The zero-order chi connectivity index (χ0) is 13.9. The quantitative estimate of drug-likeness (QED) is 0.933. The molecule has 1 heterocycles. The van der Waals surface area contributed by atoms with Crippen molar-refractivity contribution in [2.45, 2.75) is 31.1 Å². The Morgan fingerprint density at radius 1 is 1.40 bits per heavy atom. The number of hydrogen-bond donors (Lipinski definition) is 1. The van der Waals surface area contributed by atoms with E-state index >= 15 is 0 Å². The SMILES string of the molecule is CC1(C)CN(C(=O)CC(N)c2ccccc2)CCS1.Cl. The summed E-state index contributed by atoms with van der Waals surface area (Å²) in [6, 6.07) is 9.64. The van der Waals surface area contributed by atoms with Gasteiger partial charge in [-0.05, 0) is 19.4 Å². The maximum atomic E-state index is 12.3. The lowest BCUT2D eigenvalue weighted by Gasteiger charge is -2.38. The molecule has 1 saturated heterocycles. The first-order valence-corrected chi connectivity index (χ1v) is 7.69. The van der Waals surface area contributed by atoms with Crippen molar-refractivity contribution in [3.63, 3.8) is 0 Å². The molecule has 1 aliphatic rings. The van der Waals surface area contributed by atoms with Crippen LogP contribution in [0.3, 0.4) is 0 Å². The second-order valence-corrected chi connectivity index (χ2v) is 7.45. The van der Waals surface area contributed by atoms with Crippen LogP contribution in [0.1, 0.15) is 31.9 Å². The largest absolute Gasteiger partial charge is 0.340 e. The van der Waals surface area contributed by atoms with Crippen molar-refractivity contribution in [1.29, 1.82) is 0 Å². The average molecular weight is 315 g/mol. The Morgan fingerprint density at radius 3 is 2.65 bits per heavy atom. The summed E-state index contributed by atoms with van der Waals surface area (Å²) in [5.74, 6) is 1.18. The molecular weight excluding hydrogens is 292 g/mol. The Bertz CT molecular complexity index is 439. The van der Waals surface area contributed by atoms with Crippen LogP contribution in [0, 0.1) is 0 Å². The van der Waals surface area contributed by atoms with E-state index in [4.69, 9.17) is 5.73 Å². The van der Waals surface area contributed by atoms with Gasteiger partial charge >= 0.3 is 0 Å². The first-order chi connectivity index (χ1) is 8.98. The number of thioether (sulfide) groups is 1. The van der Waals surface area contributed by atoms with Gasteiger partial charge in [0.15, 0.2) is 0 Å². The maximum absolute atomic E-state index is 12.3. The lowest BCUT2D eigenvalue weighted by molar-refractivity contribution is -0.131. The summed E-state index contributed by atoms with van der Waals surface area (Å²) in [5.41, 5.74) is 7.15. The van der Waals surface area contributed by atoms with Crippen LogP contribution in [0.15, 0.2) is 30.3 Å². The number of nitrogens with two attached hydrogens (primary N) is 1. The Morgan fingerprint density at radius 2 is 2.05 bits per heavy atom. The number of rotatable bonds is 3. The average Bonchev–Trinajstić information content (AvgIpc) is 2.38. The summed E-state index contributed by atoms with van der Waals surface area (Å²) in [6.07, 6.45) is 0.394. The van der Waals surface area contributed by atoms with E-state index in [0.29, 0.717) is 6.42 Å². The molecule has 20 heavy (non-hydrogen) atoms. The van der Waals surface area contributed by atoms with Crippen molar-refractivity contribution in [2.24, 2.45) is 5.73 Å². The molecular formula is C15H23ClN2OS. The molecule has 3 nitrogen and oxygen atoms in total. The van der Waals surface area contributed by atoms with Crippen molar-refractivity contribution >= 4 is 30.1 Å². The highest BCUT2D eigenvalue weighted by molar-refractivity contribution is 8.00. The van der Waals surface area contributed by atoms with E-state index in [1.807, 2.05) is 47.0 Å². The van der Waals surface area contributed by atoms with Crippen molar-refractivity contribution in [2.75, 3.05) is 18.8 Å². The fraction of sp³-hybridized carbons (Fsp3) is 0.533. The van der Waals surface area contributed by atoms with Gasteiger partial charge < -0.3 is 10.6 Å². The highest BCUT2D eigenvalue weighted by Gasteiger charge is 2.30. The molecule has 1 atom stereocenters. The van der Waals surface area contributed by atoms with Gasteiger partial charge in [0.1, 0.15) is 0 Å². The van der Waals surface area contributed by atoms with E-state index in [1.54, 1.807) is 0 Å². The minimum atomic E-state index is -0.202. The van der Waals surface area contributed by atoms with Crippen LogP contribution >= 0.6 is 24.2 Å². The third-order valence-electron chi connectivity index (χ3n) is 3.40. The normalized spacial score (nSPS) is 19.1. The Hall–Kier alpha value is -0.710. The Balaban J connectivity index is 0.00000200. The monoisotopic (exact) mass is 314 g/mol. The molecule has 0 radical (unpaired) electrons. The summed E-state index contributed by atoms with van der Waals surface area (Å²) in [4.78, 5) is 14.3. The molecule has 112 valence electrons. The predicted molar refractivity (Wildman–Crippen MR) is 88.4 cm³/mol. The van der Waals surface area contributed by atoms with Crippen LogP contribution in [0.4, 0.5) is 0 Å². The number of carbonyl (C=O) groups is 1. The maximum Gasteiger partial charge on any atom is 0.224 e. The van der Waals surface area contributed by atoms with Gasteiger partial charge in [-0.2, -0.15) is 11.8 Å². The lowest BCUT2D eigenvalue weighted by Crippen LogP contribution is -2.46. The summed E-state index contributed by atoms with van der Waals surface area (Å²) in [6.45, 7) is 6.04. The fourth-order valence-corrected chi connectivity index (χ4v) is 3.48. The first kappa shape index (κ1) is 17.3. The molecule has 0 saturated carbocycles. The van der Waals surface area contributed by atoms with E-state index < -0.39 is 0 Å². The molecule has 0 aliphatic carbocycles. The topological polar surface area (TPSA) is 46.3 Å². The van der Waals surface area contributed by atoms with Gasteiger partial charge in [0.25, 0.3) is 0 Å². The Kier molecular flexibility index (Phi) is 6.37. The zero-order valence-electron chi connectivity index (χ0n) is 12.0. The van der Waals surface area contributed by atoms with Crippen molar-refractivity contribution in [3.05, 3.63) is 35.9 Å². The molecule has 1 fully saturated rings. The predicted octanol–water partition coefficient (Wildman–Crippen LogP) is 2.85. The fourth-order valence-electron chi connectivity index (χ4n) is 2.36.